The minimum absolute atomic E-state index is 0.00107. The number of carbonyl (C=O) groups excluding carboxylic acids is 3. The van der Waals surface area contributed by atoms with Gasteiger partial charge in [-0.3, -0.25) is 24.3 Å². The van der Waals surface area contributed by atoms with Gasteiger partial charge in [-0.05, 0) is 63.1 Å². The summed E-state index contributed by atoms with van der Waals surface area (Å²) in [6, 6.07) is 7.74. The molecule has 0 bridgehead atoms. The van der Waals surface area contributed by atoms with Crippen LogP contribution in [0, 0.1) is 11.3 Å². The molecule has 0 atom stereocenters. The molecule has 0 N–H and O–H groups in total. The van der Waals surface area contributed by atoms with Crippen LogP contribution in [-0.4, -0.2) is 65.2 Å². The summed E-state index contributed by atoms with van der Waals surface area (Å²) in [4.78, 5) is 47.2. The number of nitrogens with zero attached hydrogens (tertiary/aromatic N) is 5. The van der Waals surface area contributed by atoms with Crippen molar-refractivity contribution in [1.29, 1.82) is 5.26 Å². The van der Waals surface area contributed by atoms with Crippen LogP contribution in [0.2, 0.25) is 0 Å². The molecule has 1 aromatic carbocycles. The number of carbonyl (C=O) groups is 3. The standard InChI is InChI=1S/C28H28F3N5O3/c1-19-23(27(39)36(25(19)37)22-7-6-21(18-32)24(17-22)28(29,30)31)5-3-2-4-12-34-13-15-35(16-14-34)26(38)20-8-10-33-11-9-20/h6-11,17H,2-5,12-16H2,1H3. The van der Waals surface area contributed by atoms with Crippen molar-refractivity contribution in [1.82, 2.24) is 14.8 Å². The summed E-state index contributed by atoms with van der Waals surface area (Å²) in [7, 11) is 0. The van der Waals surface area contributed by atoms with Gasteiger partial charge in [0.25, 0.3) is 17.7 Å². The van der Waals surface area contributed by atoms with Crippen LogP contribution in [0.5, 0.6) is 0 Å². The van der Waals surface area contributed by atoms with Gasteiger partial charge in [0.2, 0.25) is 0 Å². The number of hydrogen-bond donors (Lipinski definition) is 0. The molecule has 4 rings (SSSR count). The first-order chi connectivity index (χ1) is 18.6. The minimum Gasteiger partial charge on any atom is -0.336 e. The normalized spacial score (nSPS) is 16.7. The van der Waals surface area contributed by atoms with Gasteiger partial charge in [0.1, 0.15) is 0 Å². The Balaban J connectivity index is 1.25. The molecule has 3 amide bonds. The molecule has 2 aliphatic heterocycles. The van der Waals surface area contributed by atoms with E-state index in [0.717, 1.165) is 43.4 Å². The Labute approximate surface area is 224 Å². The third kappa shape index (κ3) is 6.17. The number of alkyl halides is 3. The van der Waals surface area contributed by atoms with Crippen molar-refractivity contribution in [3.63, 3.8) is 0 Å². The number of piperazine rings is 1. The van der Waals surface area contributed by atoms with Crippen LogP contribution in [0.3, 0.4) is 0 Å². The molecule has 204 valence electrons. The first-order valence-electron chi connectivity index (χ1n) is 12.7. The summed E-state index contributed by atoms with van der Waals surface area (Å²) in [5.74, 6) is -1.27. The Hall–Kier alpha value is -4.04. The van der Waals surface area contributed by atoms with Gasteiger partial charge in [-0.2, -0.15) is 18.4 Å². The van der Waals surface area contributed by atoms with Gasteiger partial charge >= 0.3 is 6.18 Å². The summed E-state index contributed by atoms with van der Waals surface area (Å²) >= 11 is 0. The van der Waals surface area contributed by atoms with Crippen LogP contribution < -0.4 is 4.90 Å². The maximum Gasteiger partial charge on any atom is 0.417 e. The Morgan fingerprint density at radius 2 is 1.69 bits per heavy atom. The second-order valence-electron chi connectivity index (χ2n) is 9.57. The lowest BCUT2D eigenvalue weighted by Crippen LogP contribution is -2.48. The van der Waals surface area contributed by atoms with Gasteiger partial charge in [0.05, 0.1) is 22.9 Å². The van der Waals surface area contributed by atoms with Gasteiger partial charge in [0.15, 0.2) is 0 Å². The number of hydrogen-bond acceptors (Lipinski definition) is 6. The Morgan fingerprint density at radius 3 is 2.33 bits per heavy atom. The molecule has 11 heteroatoms. The zero-order valence-electron chi connectivity index (χ0n) is 21.5. The Bertz CT molecular complexity index is 1330. The van der Waals surface area contributed by atoms with E-state index in [0.29, 0.717) is 43.1 Å². The lowest BCUT2D eigenvalue weighted by atomic mass is 10.0. The number of anilines is 1. The number of unbranched alkanes of at least 4 members (excludes halogenated alkanes) is 2. The fourth-order valence-corrected chi connectivity index (χ4v) is 4.88. The monoisotopic (exact) mass is 539 g/mol. The molecule has 1 aromatic heterocycles. The maximum atomic E-state index is 13.4. The van der Waals surface area contributed by atoms with Crippen LogP contribution in [0.25, 0.3) is 0 Å². The van der Waals surface area contributed by atoms with Crippen LogP contribution in [0.1, 0.15) is 54.1 Å². The SMILES string of the molecule is CC1=C(CCCCCN2CCN(C(=O)c3ccncc3)CC2)C(=O)N(c2ccc(C#N)c(C(F)(F)F)c2)C1=O. The zero-order chi connectivity index (χ0) is 28.2. The molecule has 3 heterocycles. The highest BCUT2D eigenvalue weighted by Gasteiger charge is 2.39. The third-order valence-corrected chi connectivity index (χ3v) is 7.11. The molecule has 39 heavy (non-hydrogen) atoms. The van der Waals surface area contributed by atoms with E-state index in [2.05, 4.69) is 9.88 Å². The molecule has 0 unspecified atom stereocenters. The van der Waals surface area contributed by atoms with E-state index < -0.39 is 29.1 Å². The van der Waals surface area contributed by atoms with Gasteiger partial charge in [0, 0.05) is 55.3 Å². The predicted octanol–water partition coefficient (Wildman–Crippen LogP) is 4.18. The van der Waals surface area contributed by atoms with Crippen LogP contribution in [0.15, 0.2) is 53.9 Å². The van der Waals surface area contributed by atoms with E-state index in [4.69, 9.17) is 5.26 Å². The lowest BCUT2D eigenvalue weighted by molar-refractivity contribution is -0.138. The number of imide groups is 1. The van der Waals surface area contributed by atoms with Crippen LogP contribution in [0.4, 0.5) is 18.9 Å². The second kappa shape index (κ2) is 11.8. The van der Waals surface area contributed by atoms with E-state index in [-0.39, 0.29) is 17.2 Å². The summed E-state index contributed by atoms with van der Waals surface area (Å²) in [5.41, 5.74) is -0.795. The van der Waals surface area contributed by atoms with Crippen molar-refractivity contribution >= 4 is 23.4 Å². The van der Waals surface area contributed by atoms with Crippen molar-refractivity contribution in [2.45, 2.75) is 38.8 Å². The van der Waals surface area contributed by atoms with Crippen molar-refractivity contribution < 1.29 is 27.6 Å². The first-order valence-corrected chi connectivity index (χ1v) is 12.7. The smallest absolute Gasteiger partial charge is 0.336 e. The summed E-state index contributed by atoms with van der Waals surface area (Å²) in [5, 5.41) is 9.00. The van der Waals surface area contributed by atoms with E-state index in [1.54, 1.807) is 24.5 Å². The number of rotatable bonds is 8. The molecule has 0 spiro atoms. The minimum atomic E-state index is -4.79. The lowest BCUT2D eigenvalue weighted by Gasteiger charge is -2.34. The quantitative estimate of drug-likeness (QED) is 0.369. The van der Waals surface area contributed by atoms with Gasteiger partial charge < -0.3 is 4.90 Å². The van der Waals surface area contributed by atoms with Crippen molar-refractivity contribution in [3.05, 3.63) is 70.6 Å². The number of aromatic nitrogens is 1. The molecule has 1 saturated heterocycles. The highest BCUT2D eigenvalue weighted by atomic mass is 19.4. The average Bonchev–Trinajstić information content (AvgIpc) is 3.15. The second-order valence-corrected chi connectivity index (χ2v) is 9.57. The number of nitriles is 1. The highest BCUT2D eigenvalue weighted by Crippen LogP contribution is 2.37. The molecule has 1 fully saturated rings. The number of halogens is 3. The Kier molecular flexibility index (Phi) is 8.45. The maximum absolute atomic E-state index is 13.4. The fourth-order valence-electron chi connectivity index (χ4n) is 4.88. The van der Waals surface area contributed by atoms with Gasteiger partial charge in [-0.15, -0.1) is 0 Å². The summed E-state index contributed by atoms with van der Waals surface area (Å²) in [6.07, 6.45) is 1.10. The summed E-state index contributed by atoms with van der Waals surface area (Å²) < 4.78 is 40.1. The van der Waals surface area contributed by atoms with E-state index in [1.807, 2.05) is 4.90 Å². The zero-order valence-corrected chi connectivity index (χ0v) is 21.5. The number of benzene rings is 1. The van der Waals surface area contributed by atoms with Gasteiger partial charge in [-0.1, -0.05) is 6.42 Å². The van der Waals surface area contributed by atoms with Gasteiger partial charge in [-0.25, -0.2) is 4.90 Å². The highest BCUT2D eigenvalue weighted by molar-refractivity contribution is 6.32. The van der Waals surface area contributed by atoms with E-state index in [1.165, 1.54) is 19.1 Å². The summed E-state index contributed by atoms with van der Waals surface area (Å²) in [6.45, 7) is 5.19. The molecule has 0 saturated carbocycles. The topological polar surface area (TPSA) is 97.6 Å². The molecular weight excluding hydrogens is 511 g/mol. The van der Waals surface area contributed by atoms with Crippen molar-refractivity contribution in [3.8, 4) is 6.07 Å². The largest absolute Gasteiger partial charge is 0.417 e. The van der Waals surface area contributed by atoms with E-state index in [9.17, 15) is 27.6 Å². The average molecular weight is 540 g/mol. The molecule has 8 nitrogen and oxygen atoms in total. The van der Waals surface area contributed by atoms with E-state index >= 15 is 0 Å². The molecule has 0 radical (unpaired) electrons. The fraction of sp³-hybridized carbons (Fsp3) is 0.393. The third-order valence-electron chi connectivity index (χ3n) is 7.11. The molecule has 2 aliphatic rings. The predicted molar refractivity (Wildman–Crippen MR) is 136 cm³/mol. The molecule has 0 aliphatic carbocycles. The number of pyridine rings is 1. The molecular formula is C28H28F3N5O3. The van der Waals surface area contributed by atoms with Crippen molar-refractivity contribution in [2.24, 2.45) is 0 Å². The Morgan fingerprint density at radius 1 is 1.00 bits per heavy atom. The van der Waals surface area contributed by atoms with Crippen LogP contribution >= 0.6 is 0 Å². The molecule has 2 aromatic rings. The number of amides is 3. The van der Waals surface area contributed by atoms with Crippen LogP contribution in [-0.2, 0) is 15.8 Å². The van der Waals surface area contributed by atoms with Crippen molar-refractivity contribution in [2.75, 3.05) is 37.6 Å². The first kappa shape index (κ1) is 28.0.